The Morgan fingerprint density at radius 3 is 2.59 bits per heavy atom. The first-order valence-electron chi connectivity index (χ1n) is 5.28. The highest BCUT2D eigenvalue weighted by atomic mass is 32.2. The molecule has 94 valence electrons. The van der Waals surface area contributed by atoms with Gasteiger partial charge in [-0.05, 0) is 25.1 Å². The van der Waals surface area contributed by atoms with Crippen molar-refractivity contribution in [1.29, 1.82) is 0 Å². The first-order valence-corrected chi connectivity index (χ1v) is 6.16. The van der Waals surface area contributed by atoms with Crippen LogP contribution in [0.25, 0.3) is 0 Å². The number of benzene rings is 1. The van der Waals surface area contributed by atoms with Crippen molar-refractivity contribution in [3.05, 3.63) is 23.8 Å². The number of carbonyl (C=O) groups excluding carboxylic acids is 1. The van der Waals surface area contributed by atoms with Crippen LogP contribution in [0, 0.1) is 0 Å². The second kappa shape index (κ2) is 5.93. The normalized spacial score (nSPS) is 14.1. The Kier molecular flexibility index (Phi) is 4.84. The van der Waals surface area contributed by atoms with Crippen molar-refractivity contribution in [3.8, 4) is 0 Å². The number of hydrogen-bond donors (Lipinski definition) is 2. The molecular formula is C12H17NO3S. The molecule has 0 radical (unpaired) electrons. The summed E-state index contributed by atoms with van der Waals surface area (Å²) >= 11 is 1.48. The van der Waals surface area contributed by atoms with Gasteiger partial charge >= 0.3 is 5.97 Å². The molecule has 0 heterocycles. The van der Waals surface area contributed by atoms with Crippen molar-refractivity contribution < 1.29 is 14.6 Å². The molecular weight excluding hydrogens is 238 g/mol. The summed E-state index contributed by atoms with van der Waals surface area (Å²) in [7, 11) is 1.33. The third-order valence-corrected chi connectivity index (χ3v) is 3.81. The summed E-state index contributed by atoms with van der Waals surface area (Å²) < 4.78 is 4.61. The molecule has 0 bridgehead atoms. The van der Waals surface area contributed by atoms with E-state index in [2.05, 4.69) is 4.74 Å². The summed E-state index contributed by atoms with van der Waals surface area (Å²) in [5.41, 5.74) is 6.80. The topological polar surface area (TPSA) is 72.5 Å². The van der Waals surface area contributed by atoms with E-state index in [-0.39, 0.29) is 5.25 Å². The number of aliphatic hydroxyl groups excluding tert-OH is 1. The molecule has 0 aromatic heterocycles. The molecule has 2 unspecified atom stereocenters. The van der Waals surface area contributed by atoms with Crippen LogP contribution in [0.2, 0.25) is 0 Å². The molecule has 1 aromatic rings. The number of ether oxygens (including phenoxy) is 1. The van der Waals surface area contributed by atoms with Crippen LogP contribution in [0.3, 0.4) is 0 Å². The van der Waals surface area contributed by atoms with E-state index < -0.39 is 12.1 Å². The maximum Gasteiger partial charge on any atom is 0.337 e. The zero-order valence-corrected chi connectivity index (χ0v) is 11.0. The van der Waals surface area contributed by atoms with E-state index in [0.29, 0.717) is 11.3 Å². The zero-order chi connectivity index (χ0) is 13.0. The Morgan fingerprint density at radius 1 is 1.47 bits per heavy atom. The molecule has 1 rings (SSSR count). The number of hydrogen-bond acceptors (Lipinski definition) is 5. The Labute approximate surface area is 105 Å². The summed E-state index contributed by atoms with van der Waals surface area (Å²) in [5.74, 6) is -0.406. The van der Waals surface area contributed by atoms with Gasteiger partial charge in [0, 0.05) is 15.8 Å². The van der Waals surface area contributed by atoms with E-state index in [1.165, 1.54) is 18.9 Å². The Balaban J connectivity index is 2.87. The van der Waals surface area contributed by atoms with Gasteiger partial charge in [0.2, 0.25) is 0 Å². The van der Waals surface area contributed by atoms with Crippen LogP contribution < -0.4 is 5.73 Å². The van der Waals surface area contributed by atoms with Crippen LogP contribution in [0.5, 0.6) is 0 Å². The highest BCUT2D eigenvalue weighted by molar-refractivity contribution is 8.00. The number of carbonyl (C=O) groups is 1. The number of rotatable bonds is 4. The molecule has 2 atom stereocenters. The lowest BCUT2D eigenvalue weighted by Gasteiger charge is -2.15. The average Bonchev–Trinajstić information content (AvgIpc) is 2.30. The summed E-state index contributed by atoms with van der Waals surface area (Å²) in [6.45, 7) is 3.65. The highest BCUT2D eigenvalue weighted by Crippen LogP contribution is 2.30. The van der Waals surface area contributed by atoms with Crippen LogP contribution in [0.1, 0.15) is 24.2 Å². The molecule has 0 aliphatic heterocycles. The fourth-order valence-corrected chi connectivity index (χ4v) is 2.14. The van der Waals surface area contributed by atoms with Gasteiger partial charge in [-0.3, -0.25) is 0 Å². The number of aliphatic hydroxyl groups is 1. The summed E-state index contributed by atoms with van der Waals surface area (Å²) in [5, 5.41) is 9.46. The third kappa shape index (κ3) is 3.64. The monoisotopic (exact) mass is 255 g/mol. The lowest BCUT2D eigenvalue weighted by Crippen LogP contribution is -2.15. The van der Waals surface area contributed by atoms with Gasteiger partial charge in [0.05, 0.1) is 18.8 Å². The molecule has 4 nitrogen and oxygen atoms in total. The Bertz CT molecular complexity index is 407. The van der Waals surface area contributed by atoms with Crippen LogP contribution in [0.15, 0.2) is 23.1 Å². The Morgan fingerprint density at radius 2 is 2.12 bits per heavy atom. The second-order valence-electron chi connectivity index (χ2n) is 3.81. The number of thioether (sulfide) groups is 1. The minimum Gasteiger partial charge on any atom is -0.465 e. The lowest BCUT2D eigenvalue weighted by atomic mass is 10.2. The number of nitrogen functional groups attached to an aromatic ring is 1. The van der Waals surface area contributed by atoms with Gasteiger partial charge in [0.25, 0.3) is 0 Å². The summed E-state index contributed by atoms with van der Waals surface area (Å²) in [6, 6.07) is 5.02. The van der Waals surface area contributed by atoms with Crippen LogP contribution >= 0.6 is 11.8 Å². The molecule has 0 aliphatic carbocycles. The van der Waals surface area contributed by atoms with E-state index in [9.17, 15) is 9.90 Å². The fourth-order valence-electron chi connectivity index (χ4n) is 1.20. The summed E-state index contributed by atoms with van der Waals surface area (Å²) in [4.78, 5) is 12.1. The number of nitrogens with two attached hydrogens (primary N) is 1. The van der Waals surface area contributed by atoms with Crippen molar-refractivity contribution in [2.75, 3.05) is 12.8 Å². The average molecular weight is 255 g/mol. The maximum absolute atomic E-state index is 11.3. The minimum atomic E-state index is -0.417. The first-order chi connectivity index (χ1) is 7.95. The van der Waals surface area contributed by atoms with Gasteiger partial charge in [0.1, 0.15) is 0 Å². The molecule has 5 heteroatoms. The quantitative estimate of drug-likeness (QED) is 0.488. The van der Waals surface area contributed by atoms with Crippen molar-refractivity contribution in [2.45, 2.75) is 30.1 Å². The van der Waals surface area contributed by atoms with Crippen LogP contribution in [-0.2, 0) is 4.74 Å². The van der Waals surface area contributed by atoms with Crippen molar-refractivity contribution in [2.24, 2.45) is 0 Å². The van der Waals surface area contributed by atoms with Crippen molar-refractivity contribution in [1.82, 2.24) is 0 Å². The predicted molar refractivity (Wildman–Crippen MR) is 69.2 cm³/mol. The highest BCUT2D eigenvalue weighted by Gasteiger charge is 2.14. The second-order valence-corrected chi connectivity index (χ2v) is 5.23. The van der Waals surface area contributed by atoms with Crippen LogP contribution in [0.4, 0.5) is 5.69 Å². The smallest absolute Gasteiger partial charge is 0.337 e. The van der Waals surface area contributed by atoms with Gasteiger partial charge in [0.15, 0.2) is 0 Å². The molecule has 0 aliphatic rings. The minimum absolute atomic E-state index is 0.0428. The van der Waals surface area contributed by atoms with Crippen LogP contribution in [-0.4, -0.2) is 29.5 Å². The molecule has 17 heavy (non-hydrogen) atoms. The molecule has 1 aromatic carbocycles. The standard InChI is InChI=1S/C12H17NO3S/c1-7(14)8(2)17-11-5-4-9(6-10(11)13)12(15)16-3/h4-8,14H,13H2,1-3H3. The van der Waals surface area contributed by atoms with Crippen molar-refractivity contribution in [3.63, 3.8) is 0 Å². The van der Waals surface area contributed by atoms with Gasteiger partial charge in [-0.2, -0.15) is 0 Å². The largest absolute Gasteiger partial charge is 0.465 e. The zero-order valence-electron chi connectivity index (χ0n) is 10.1. The van der Waals surface area contributed by atoms with E-state index in [1.807, 2.05) is 6.92 Å². The molecule has 0 saturated heterocycles. The van der Waals surface area contributed by atoms with Gasteiger partial charge in [-0.1, -0.05) is 6.92 Å². The fraction of sp³-hybridized carbons (Fsp3) is 0.417. The molecule has 0 fully saturated rings. The molecule has 0 spiro atoms. The maximum atomic E-state index is 11.3. The lowest BCUT2D eigenvalue weighted by molar-refractivity contribution is 0.0600. The van der Waals surface area contributed by atoms with Gasteiger partial charge in [-0.25, -0.2) is 4.79 Å². The van der Waals surface area contributed by atoms with E-state index >= 15 is 0 Å². The summed E-state index contributed by atoms with van der Waals surface area (Å²) in [6.07, 6.45) is -0.417. The van der Waals surface area contributed by atoms with Gasteiger partial charge in [-0.15, -0.1) is 11.8 Å². The van der Waals surface area contributed by atoms with E-state index in [0.717, 1.165) is 4.90 Å². The molecule has 0 amide bonds. The Hall–Kier alpha value is -1.20. The third-order valence-electron chi connectivity index (χ3n) is 2.42. The number of methoxy groups -OCH3 is 1. The number of anilines is 1. The molecule has 3 N–H and O–H groups in total. The van der Waals surface area contributed by atoms with E-state index in [4.69, 9.17) is 5.73 Å². The number of esters is 1. The SMILES string of the molecule is COC(=O)c1ccc(SC(C)C(C)O)c(N)c1. The predicted octanol–water partition coefficient (Wildman–Crippen LogP) is 1.92. The van der Waals surface area contributed by atoms with Crippen molar-refractivity contribution >= 4 is 23.4 Å². The molecule has 0 saturated carbocycles. The van der Waals surface area contributed by atoms with E-state index in [1.54, 1.807) is 25.1 Å². The van der Waals surface area contributed by atoms with Gasteiger partial charge < -0.3 is 15.6 Å². The first kappa shape index (κ1) is 13.9.